The summed E-state index contributed by atoms with van der Waals surface area (Å²) in [6.07, 6.45) is 2.79. The number of para-hydroxylation sites is 1. The molecule has 2 aliphatic rings. The third kappa shape index (κ3) is 3.16. The van der Waals surface area contributed by atoms with Gasteiger partial charge in [0.05, 0.1) is 30.8 Å². The molecule has 30 heavy (non-hydrogen) atoms. The minimum absolute atomic E-state index is 0.298. The third-order valence-corrected chi connectivity index (χ3v) is 4.83. The van der Waals surface area contributed by atoms with Crippen molar-refractivity contribution in [1.29, 1.82) is 5.41 Å². The molecule has 0 radical (unpaired) electrons. The maximum Gasteiger partial charge on any atom is 0.205 e. The molecule has 2 aliphatic heterocycles. The Bertz CT molecular complexity index is 1080. The van der Waals surface area contributed by atoms with Crippen molar-refractivity contribution < 1.29 is 14.0 Å². The lowest BCUT2D eigenvalue weighted by atomic mass is 10.1. The van der Waals surface area contributed by atoms with Crippen LogP contribution in [0.2, 0.25) is 0 Å². The number of hydrogen-bond acceptors (Lipinski definition) is 8. The van der Waals surface area contributed by atoms with E-state index < -0.39 is 6.17 Å². The Morgan fingerprint density at radius 1 is 1.07 bits per heavy atom. The van der Waals surface area contributed by atoms with Gasteiger partial charge in [-0.1, -0.05) is 18.2 Å². The average molecular weight is 404 g/mol. The molecule has 5 rings (SSSR count). The van der Waals surface area contributed by atoms with Gasteiger partial charge in [-0.05, 0) is 42.5 Å². The standard InChI is InChI=1S/C21H20N6O3/c1-28-16-9-7-15(8-10-16)26-19(22)17-11-12-29-21(17)24-20(26)18-13-23-27(30-18)25-14-5-3-2-4-6-14/h2-13,20,22-25H,1H3. The van der Waals surface area contributed by atoms with Crippen molar-refractivity contribution in [2.24, 2.45) is 0 Å². The zero-order chi connectivity index (χ0) is 20.5. The quantitative estimate of drug-likeness (QED) is 0.513. The number of hydrazine groups is 2. The minimum atomic E-state index is -0.500. The van der Waals surface area contributed by atoms with E-state index in [1.807, 2.05) is 59.5 Å². The summed E-state index contributed by atoms with van der Waals surface area (Å²) in [5, 5.41) is 13.5. The number of ether oxygens (including phenoxy) is 1. The highest BCUT2D eigenvalue weighted by atomic mass is 16.8. The first-order valence-electron chi connectivity index (χ1n) is 9.35. The lowest BCUT2D eigenvalue weighted by Crippen LogP contribution is -2.50. The topological polar surface area (TPSA) is 98.0 Å². The molecule has 152 valence electrons. The third-order valence-electron chi connectivity index (χ3n) is 4.83. The Balaban J connectivity index is 1.42. The highest BCUT2D eigenvalue weighted by Gasteiger charge is 2.38. The Labute approximate surface area is 172 Å². The van der Waals surface area contributed by atoms with E-state index in [1.165, 1.54) is 5.28 Å². The summed E-state index contributed by atoms with van der Waals surface area (Å²) in [4.78, 5) is 7.78. The fourth-order valence-electron chi connectivity index (χ4n) is 3.37. The molecule has 1 atom stereocenters. The summed E-state index contributed by atoms with van der Waals surface area (Å²) in [5.74, 6) is 2.12. The second kappa shape index (κ2) is 7.37. The number of furan rings is 1. The zero-order valence-corrected chi connectivity index (χ0v) is 16.1. The molecule has 1 unspecified atom stereocenters. The van der Waals surface area contributed by atoms with Crippen LogP contribution in [-0.4, -0.2) is 24.4 Å². The van der Waals surface area contributed by atoms with Gasteiger partial charge in [0.15, 0.2) is 11.9 Å². The predicted octanol–water partition coefficient (Wildman–Crippen LogP) is 3.49. The van der Waals surface area contributed by atoms with Crippen LogP contribution in [0.15, 0.2) is 83.3 Å². The summed E-state index contributed by atoms with van der Waals surface area (Å²) >= 11 is 0. The van der Waals surface area contributed by atoms with Gasteiger partial charge in [0.25, 0.3) is 0 Å². The second-order valence-electron chi connectivity index (χ2n) is 6.67. The highest BCUT2D eigenvalue weighted by molar-refractivity contribution is 6.13. The van der Waals surface area contributed by atoms with Crippen molar-refractivity contribution in [1.82, 2.24) is 10.7 Å². The van der Waals surface area contributed by atoms with E-state index in [-0.39, 0.29) is 0 Å². The van der Waals surface area contributed by atoms with Crippen LogP contribution in [0.3, 0.4) is 0 Å². The number of nitrogens with zero attached hydrogens (tertiary/aromatic N) is 2. The van der Waals surface area contributed by atoms with Gasteiger partial charge < -0.3 is 19.3 Å². The van der Waals surface area contributed by atoms with Gasteiger partial charge in [-0.15, -0.1) is 0 Å². The molecule has 0 saturated carbocycles. The molecular weight excluding hydrogens is 384 g/mol. The summed E-state index contributed by atoms with van der Waals surface area (Å²) in [6, 6.07) is 18.9. The van der Waals surface area contributed by atoms with Gasteiger partial charge in [0, 0.05) is 11.0 Å². The van der Waals surface area contributed by atoms with Gasteiger partial charge >= 0.3 is 0 Å². The molecule has 0 amide bonds. The molecule has 1 aromatic heterocycles. The van der Waals surface area contributed by atoms with Crippen molar-refractivity contribution in [2.45, 2.75) is 6.17 Å². The Morgan fingerprint density at radius 2 is 1.87 bits per heavy atom. The molecule has 0 spiro atoms. The van der Waals surface area contributed by atoms with Crippen LogP contribution >= 0.6 is 0 Å². The van der Waals surface area contributed by atoms with Crippen LogP contribution in [0.5, 0.6) is 5.75 Å². The van der Waals surface area contributed by atoms with E-state index >= 15 is 0 Å². The van der Waals surface area contributed by atoms with Crippen LogP contribution < -0.4 is 25.8 Å². The molecule has 0 fully saturated rings. The van der Waals surface area contributed by atoms with Crippen LogP contribution in [0.25, 0.3) is 0 Å². The SMILES string of the molecule is COc1ccc(N2C(=N)c3ccoc3NC2C2=CNN(Nc3ccccc3)O2)cc1. The molecule has 9 nitrogen and oxygen atoms in total. The first-order valence-corrected chi connectivity index (χ1v) is 9.35. The highest BCUT2D eigenvalue weighted by Crippen LogP contribution is 2.34. The molecule has 2 aromatic carbocycles. The number of methoxy groups -OCH3 is 1. The van der Waals surface area contributed by atoms with E-state index in [4.69, 9.17) is 19.4 Å². The minimum Gasteiger partial charge on any atom is -0.497 e. The summed E-state index contributed by atoms with van der Waals surface area (Å²) < 4.78 is 10.8. The maximum absolute atomic E-state index is 8.77. The summed E-state index contributed by atoms with van der Waals surface area (Å²) in [6.45, 7) is 0. The van der Waals surface area contributed by atoms with Crippen molar-refractivity contribution in [3.63, 3.8) is 0 Å². The average Bonchev–Trinajstić information content (AvgIpc) is 3.44. The maximum atomic E-state index is 8.77. The first kappa shape index (κ1) is 18.0. The number of amidine groups is 1. The Morgan fingerprint density at radius 3 is 2.63 bits per heavy atom. The van der Waals surface area contributed by atoms with E-state index in [2.05, 4.69) is 16.2 Å². The Hall–Kier alpha value is -4.11. The van der Waals surface area contributed by atoms with Crippen molar-refractivity contribution >= 4 is 23.1 Å². The Kier molecular flexibility index (Phi) is 4.41. The number of hydrogen-bond donors (Lipinski definition) is 4. The van der Waals surface area contributed by atoms with Gasteiger partial charge in [0.1, 0.15) is 11.6 Å². The molecule has 0 bridgehead atoms. The zero-order valence-electron chi connectivity index (χ0n) is 16.1. The molecular formula is C21H20N6O3. The van der Waals surface area contributed by atoms with E-state index in [1.54, 1.807) is 25.6 Å². The summed E-state index contributed by atoms with van der Waals surface area (Å²) in [5.41, 5.74) is 8.49. The smallest absolute Gasteiger partial charge is 0.205 e. The molecule has 0 aliphatic carbocycles. The number of anilines is 3. The van der Waals surface area contributed by atoms with Crippen molar-refractivity contribution in [3.05, 3.63) is 84.4 Å². The van der Waals surface area contributed by atoms with E-state index in [0.717, 1.165) is 17.1 Å². The normalized spacial score (nSPS) is 18.0. The number of benzene rings is 2. The second-order valence-corrected chi connectivity index (χ2v) is 6.67. The fraction of sp³-hybridized carbons (Fsp3) is 0.0952. The van der Waals surface area contributed by atoms with E-state index in [0.29, 0.717) is 23.0 Å². The van der Waals surface area contributed by atoms with Crippen LogP contribution in [0.1, 0.15) is 5.56 Å². The molecule has 3 heterocycles. The number of rotatable bonds is 5. The first-order chi connectivity index (χ1) is 14.7. The van der Waals surface area contributed by atoms with Crippen molar-refractivity contribution in [2.75, 3.05) is 22.8 Å². The molecule has 0 saturated heterocycles. The monoisotopic (exact) mass is 404 g/mol. The van der Waals surface area contributed by atoms with Crippen LogP contribution in [0, 0.1) is 5.41 Å². The largest absolute Gasteiger partial charge is 0.497 e. The van der Waals surface area contributed by atoms with Crippen molar-refractivity contribution in [3.8, 4) is 5.75 Å². The fourth-order valence-corrected chi connectivity index (χ4v) is 3.37. The van der Waals surface area contributed by atoms with E-state index in [9.17, 15) is 0 Å². The molecule has 9 heteroatoms. The predicted molar refractivity (Wildman–Crippen MR) is 113 cm³/mol. The molecule has 4 N–H and O–H groups in total. The van der Waals surface area contributed by atoms with Gasteiger partial charge in [0.2, 0.25) is 5.88 Å². The molecule has 3 aromatic rings. The number of nitrogens with one attached hydrogen (secondary N) is 4. The number of fused-ring (bicyclic) bond motifs is 1. The van der Waals surface area contributed by atoms with Gasteiger partial charge in [-0.3, -0.25) is 21.2 Å². The summed E-state index contributed by atoms with van der Waals surface area (Å²) in [7, 11) is 1.62. The lowest BCUT2D eigenvalue weighted by molar-refractivity contribution is -0.106. The van der Waals surface area contributed by atoms with Gasteiger partial charge in [-0.2, -0.15) is 0 Å². The van der Waals surface area contributed by atoms with Crippen LogP contribution in [0.4, 0.5) is 17.3 Å². The van der Waals surface area contributed by atoms with Gasteiger partial charge in [-0.25, -0.2) is 0 Å². The lowest BCUT2D eigenvalue weighted by Gasteiger charge is -2.37. The van der Waals surface area contributed by atoms with Crippen LogP contribution in [-0.2, 0) is 4.84 Å².